The van der Waals surface area contributed by atoms with Gasteiger partial charge >= 0.3 is 0 Å². The molecule has 0 aromatic rings. The van der Waals surface area contributed by atoms with Crippen molar-refractivity contribution in [3.05, 3.63) is 0 Å². The van der Waals surface area contributed by atoms with Crippen molar-refractivity contribution in [2.24, 2.45) is 5.92 Å². The highest BCUT2D eigenvalue weighted by molar-refractivity contribution is 9.09. The number of carbonyl (C=O) groups is 1. The molecule has 0 N–H and O–H groups in total. The SMILES string of the molecule is O=C(CBr)C1CCS(=O)(=O)C1. The van der Waals surface area contributed by atoms with E-state index in [9.17, 15) is 13.2 Å². The molecule has 1 aliphatic rings. The van der Waals surface area contributed by atoms with Crippen molar-refractivity contribution in [2.75, 3.05) is 16.8 Å². The summed E-state index contributed by atoms with van der Waals surface area (Å²) < 4.78 is 21.8. The lowest BCUT2D eigenvalue weighted by Gasteiger charge is -2.00. The zero-order valence-corrected chi connectivity index (χ0v) is 8.32. The topological polar surface area (TPSA) is 51.2 Å². The fourth-order valence-electron chi connectivity index (χ4n) is 1.16. The van der Waals surface area contributed by atoms with E-state index in [-0.39, 0.29) is 28.5 Å². The third kappa shape index (κ3) is 2.27. The Kier molecular flexibility index (Phi) is 2.70. The molecule has 0 amide bonds. The lowest BCUT2D eigenvalue weighted by molar-refractivity contribution is -0.119. The van der Waals surface area contributed by atoms with Gasteiger partial charge in [-0.15, -0.1) is 0 Å². The standard InChI is InChI=1S/C6H9BrO3S/c7-3-6(8)5-1-2-11(9,10)4-5/h5H,1-4H2. The molecule has 1 rings (SSSR count). The van der Waals surface area contributed by atoms with Gasteiger partial charge < -0.3 is 0 Å². The van der Waals surface area contributed by atoms with Crippen LogP contribution in [0.2, 0.25) is 0 Å². The number of hydrogen-bond acceptors (Lipinski definition) is 3. The molecule has 1 heterocycles. The zero-order chi connectivity index (χ0) is 8.48. The van der Waals surface area contributed by atoms with Crippen LogP contribution in [0.3, 0.4) is 0 Å². The highest BCUT2D eigenvalue weighted by atomic mass is 79.9. The molecule has 1 saturated heterocycles. The molecule has 0 aromatic carbocycles. The number of ketones is 1. The van der Waals surface area contributed by atoms with Crippen molar-refractivity contribution in [1.82, 2.24) is 0 Å². The van der Waals surface area contributed by atoms with Gasteiger partial charge in [0.15, 0.2) is 9.84 Å². The lowest BCUT2D eigenvalue weighted by Crippen LogP contribution is -2.16. The fourth-order valence-corrected chi connectivity index (χ4v) is 3.39. The van der Waals surface area contributed by atoms with Crippen molar-refractivity contribution < 1.29 is 13.2 Å². The number of carbonyl (C=O) groups excluding carboxylic acids is 1. The van der Waals surface area contributed by atoms with Crippen molar-refractivity contribution in [2.45, 2.75) is 6.42 Å². The molecule has 3 nitrogen and oxygen atoms in total. The second-order valence-electron chi connectivity index (χ2n) is 2.70. The van der Waals surface area contributed by atoms with Crippen LogP contribution in [0.25, 0.3) is 0 Å². The van der Waals surface area contributed by atoms with Crippen LogP contribution in [-0.2, 0) is 14.6 Å². The summed E-state index contributed by atoms with van der Waals surface area (Å²) in [5.74, 6) is -0.0150. The van der Waals surface area contributed by atoms with Crippen LogP contribution in [0.15, 0.2) is 0 Å². The first-order valence-electron chi connectivity index (χ1n) is 3.34. The molecular weight excluding hydrogens is 232 g/mol. The molecule has 1 fully saturated rings. The molecule has 1 atom stereocenters. The molecule has 0 bridgehead atoms. The number of sulfone groups is 1. The molecule has 1 unspecified atom stereocenters. The molecule has 1 aliphatic heterocycles. The highest BCUT2D eigenvalue weighted by Gasteiger charge is 2.31. The van der Waals surface area contributed by atoms with Crippen LogP contribution in [-0.4, -0.2) is 31.0 Å². The second kappa shape index (κ2) is 3.23. The summed E-state index contributed by atoms with van der Waals surface area (Å²) in [4.78, 5) is 11.0. The van der Waals surface area contributed by atoms with Gasteiger partial charge in [0, 0.05) is 5.92 Å². The maximum absolute atomic E-state index is 11.0. The van der Waals surface area contributed by atoms with Crippen molar-refractivity contribution >= 4 is 31.6 Å². The highest BCUT2D eigenvalue weighted by Crippen LogP contribution is 2.19. The van der Waals surface area contributed by atoms with Gasteiger partial charge in [-0.2, -0.15) is 0 Å². The normalized spacial score (nSPS) is 28.6. The van der Waals surface area contributed by atoms with Gasteiger partial charge in [0.25, 0.3) is 0 Å². The van der Waals surface area contributed by atoms with E-state index in [0.29, 0.717) is 6.42 Å². The molecule has 0 aromatic heterocycles. The number of alkyl halides is 1. The minimum absolute atomic E-state index is 0.00563. The monoisotopic (exact) mass is 240 g/mol. The van der Waals surface area contributed by atoms with Gasteiger partial charge in [-0.1, -0.05) is 15.9 Å². The molecule has 0 aliphatic carbocycles. The quantitative estimate of drug-likeness (QED) is 0.657. The second-order valence-corrected chi connectivity index (χ2v) is 5.49. The Hall–Kier alpha value is 0.1000. The summed E-state index contributed by atoms with van der Waals surface area (Å²) in [6.07, 6.45) is 0.507. The average molecular weight is 241 g/mol. The lowest BCUT2D eigenvalue weighted by atomic mass is 10.1. The minimum atomic E-state index is -2.89. The van der Waals surface area contributed by atoms with E-state index in [0.717, 1.165) is 0 Å². The number of rotatable bonds is 2. The van der Waals surface area contributed by atoms with E-state index >= 15 is 0 Å². The first kappa shape index (κ1) is 9.19. The van der Waals surface area contributed by atoms with Gasteiger partial charge in [-0.25, -0.2) is 8.42 Å². The van der Waals surface area contributed by atoms with Crippen LogP contribution in [0.1, 0.15) is 6.42 Å². The van der Waals surface area contributed by atoms with Gasteiger partial charge in [0.05, 0.1) is 16.8 Å². The van der Waals surface area contributed by atoms with Gasteiger partial charge in [-0.3, -0.25) is 4.79 Å². The Bertz CT molecular complexity index is 257. The maximum atomic E-state index is 11.0. The van der Waals surface area contributed by atoms with Crippen LogP contribution >= 0.6 is 15.9 Å². The zero-order valence-electron chi connectivity index (χ0n) is 5.92. The van der Waals surface area contributed by atoms with Crippen LogP contribution in [0.5, 0.6) is 0 Å². The Balaban J connectivity index is 2.62. The predicted octanol–water partition coefficient (Wildman–Crippen LogP) is 0.385. The Morgan fingerprint density at radius 1 is 1.55 bits per heavy atom. The minimum Gasteiger partial charge on any atom is -0.298 e. The van der Waals surface area contributed by atoms with Crippen molar-refractivity contribution in [3.8, 4) is 0 Å². The van der Waals surface area contributed by atoms with E-state index in [1.165, 1.54) is 0 Å². The maximum Gasteiger partial charge on any atom is 0.151 e. The van der Waals surface area contributed by atoms with Crippen LogP contribution in [0, 0.1) is 5.92 Å². The van der Waals surface area contributed by atoms with E-state index in [1.807, 2.05) is 0 Å². The Morgan fingerprint density at radius 3 is 2.55 bits per heavy atom. The fraction of sp³-hybridized carbons (Fsp3) is 0.833. The molecule has 0 radical (unpaired) electrons. The number of hydrogen-bond donors (Lipinski definition) is 0. The smallest absolute Gasteiger partial charge is 0.151 e. The first-order chi connectivity index (χ1) is 5.05. The summed E-state index contributed by atoms with van der Waals surface area (Å²) in [6.45, 7) is 0. The van der Waals surface area contributed by atoms with Crippen molar-refractivity contribution in [1.29, 1.82) is 0 Å². The molecule has 0 spiro atoms. The van der Waals surface area contributed by atoms with Gasteiger partial charge in [0.2, 0.25) is 0 Å². The molecule has 5 heteroatoms. The molecular formula is C6H9BrO3S. The first-order valence-corrected chi connectivity index (χ1v) is 6.28. The van der Waals surface area contributed by atoms with E-state index < -0.39 is 9.84 Å². The Morgan fingerprint density at radius 2 is 2.18 bits per heavy atom. The third-order valence-corrected chi connectivity index (χ3v) is 4.14. The third-order valence-electron chi connectivity index (χ3n) is 1.82. The largest absolute Gasteiger partial charge is 0.298 e. The van der Waals surface area contributed by atoms with Gasteiger partial charge in [-0.05, 0) is 6.42 Å². The summed E-state index contributed by atoms with van der Waals surface area (Å²) >= 11 is 3.02. The van der Waals surface area contributed by atoms with E-state index in [2.05, 4.69) is 15.9 Å². The Labute approximate surface area is 74.2 Å². The summed E-state index contributed by atoms with van der Waals surface area (Å²) in [5.41, 5.74) is 0. The molecule has 11 heavy (non-hydrogen) atoms. The van der Waals surface area contributed by atoms with E-state index in [4.69, 9.17) is 0 Å². The number of Topliss-reactive ketones (excluding diaryl/α,β-unsaturated/α-hetero) is 1. The summed E-state index contributed by atoms with van der Waals surface area (Å²) in [6, 6.07) is 0. The van der Waals surface area contributed by atoms with E-state index in [1.54, 1.807) is 0 Å². The van der Waals surface area contributed by atoms with Crippen molar-refractivity contribution in [3.63, 3.8) is 0 Å². The van der Waals surface area contributed by atoms with Gasteiger partial charge in [0.1, 0.15) is 5.78 Å². The molecule has 64 valence electrons. The number of halogens is 1. The van der Waals surface area contributed by atoms with Crippen LogP contribution in [0.4, 0.5) is 0 Å². The average Bonchev–Trinajstić information content (AvgIpc) is 2.29. The summed E-state index contributed by atoms with van der Waals surface area (Å²) in [7, 11) is -2.89. The summed E-state index contributed by atoms with van der Waals surface area (Å²) in [5, 5.41) is 0.271. The van der Waals surface area contributed by atoms with Crippen LogP contribution < -0.4 is 0 Å². The predicted molar refractivity (Wildman–Crippen MR) is 45.6 cm³/mol. The molecule has 0 saturated carbocycles.